The quantitative estimate of drug-likeness (QED) is 0.388. The molecule has 7 nitrogen and oxygen atoms in total. The second-order valence-electron chi connectivity index (χ2n) is 7.05. The zero-order chi connectivity index (χ0) is 21.8. The van der Waals surface area contributed by atoms with Crippen LogP contribution in [0.25, 0.3) is 21.6 Å². The van der Waals surface area contributed by atoms with Crippen LogP contribution in [0.5, 0.6) is 5.75 Å². The van der Waals surface area contributed by atoms with Crippen LogP contribution < -0.4 is 10.4 Å². The van der Waals surface area contributed by atoms with Crippen molar-refractivity contribution in [2.75, 3.05) is 7.11 Å². The number of rotatable bonds is 8. The predicted molar refractivity (Wildman–Crippen MR) is 120 cm³/mol. The number of aromatic nitrogens is 3. The molecule has 0 atom stereocenters. The van der Waals surface area contributed by atoms with Gasteiger partial charge in [0.1, 0.15) is 23.9 Å². The van der Waals surface area contributed by atoms with Gasteiger partial charge < -0.3 is 9.47 Å². The highest BCUT2D eigenvalue weighted by Crippen LogP contribution is 2.27. The monoisotopic (exact) mass is 437 g/mol. The van der Waals surface area contributed by atoms with Gasteiger partial charge in [0, 0.05) is 17.5 Å². The Kier molecular flexibility index (Phi) is 6.18. The SMILES string of the molecule is CCCn1c(=O)n(CC(=O)OCc2csc(-c3cccc(OC)c3)n2)c2ccccc21. The number of fused-ring (bicyclic) bond motifs is 1. The maximum Gasteiger partial charge on any atom is 0.329 e. The summed E-state index contributed by atoms with van der Waals surface area (Å²) in [6.45, 7) is 2.54. The summed E-state index contributed by atoms with van der Waals surface area (Å²) in [7, 11) is 1.62. The molecule has 0 saturated heterocycles. The van der Waals surface area contributed by atoms with Gasteiger partial charge in [-0.25, -0.2) is 9.78 Å². The smallest absolute Gasteiger partial charge is 0.329 e. The molecule has 0 spiro atoms. The normalized spacial score (nSPS) is 11.0. The molecule has 4 aromatic rings. The molecule has 0 aliphatic rings. The first-order valence-electron chi connectivity index (χ1n) is 10.0. The number of para-hydroxylation sites is 2. The average Bonchev–Trinajstić information content (AvgIpc) is 3.37. The summed E-state index contributed by atoms with van der Waals surface area (Å²) in [5, 5.41) is 2.69. The van der Waals surface area contributed by atoms with E-state index in [0.717, 1.165) is 33.8 Å². The fourth-order valence-corrected chi connectivity index (χ4v) is 4.26. The molecule has 0 unspecified atom stereocenters. The van der Waals surface area contributed by atoms with Crippen molar-refractivity contribution in [3.8, 4) is 16.3 Å². The van der Waals surface area contributed by atoms with Gasteiger partial charge in [-0.05, 0) is 30.7 Å². The van der Waals surface area contributed by atoms with Gasteiger partial charge >= 0.3 is 11.7 Å². The number of esters is 1. The Labute approximate surface area is 183 Å². The highest BCUT2D eigenvalue weighted by atomic mass is 32.1. The molecular formula is C23H23N3O4S. The molecule has 0 aliphatic carbocycles. The zero-order valence-corrected chi connectivity index (χ0v) is 18.2. The molecule has 4 rings (SSSR count). The first kappa shape index (κ1) is 20.9. The molecule has 0 bridgehead atoms. The molecule has 0 radical (unpaired) electrons. The Balaban J connectivity index is 1.45. The molecule has 0 amide bonds. The van der Waals surface area contributed by atoms with E-state index in [1.54, 1.807) is 11.7 Å². The van der Waals surface area contributed by atoms with Crippen molar-refractivity contribution in [1.82, 2.24) is 14.1 Å². The third-order valence-electron chi connectivity index (χ3n) is 4.91. The lowest BCUT2D eigenvalue weighted by Crippen LogP contribution is -2.27. The van der Waals surface area contributed by atoms with E-state index in [2.05, 4.69) is 4.98 Å². The van der Waals surface area contributed by atoms with Crippen molar-refractivity contribution in [2.24, 2.45) is 0 Å². The van der Waals surface area contributed by atoms with Gasteiger partial charge in [0.2, 0.25) is 0 Å². The van der Waals surface area contributed by atoms with Crippen molar-refractivity contribution < 1.29 is 14.3 Å². The molecule has 2 heterocycles. The number of carbonyl (C=O) groups excluding carboxylic acids is 1. The van der Waals surface area contributed by atoms with Crippen molar-refractivity contribution in [3.05, 3.63) is 70.1 Å². The third-order valence-corrected chi connectivity index (χ3v) is 5.85. The summed E-state index contributed by atoms with van der Waals surface area (Å²) in [6.07, 6.45) is 0.831. The molecule has 160 valence electrons. The fraction of sp³-hybridized carbons (Fsp3) is 0.261. The van der Waals surface area contributed by atoms with E-state index in [0.29, 0.717) is 12.2 Å². The molecule has 8 heteroatoms. The second kappa shape index (κ2) is 9.18. The number of carbonyl (C=O) groups is 1. The standard InChI is InChI=1S/C23H23N3O4S/c1-3-11-25-19-9-4-5-10-20(19)26(23(25)28)13-21(27)30-14-17-15-31-22(24-17)16-7-6-8-18(12-16)29-2/h4-10,12,15H,3,11,13-14H2,1-2H3. The Hall–Kier alpha value is -3.39. The van der Waals surface area contributed by atoms with Crippen LogP contribution >= 0.6 is 11.3 Å². The third kappa shape index (κ3) is 4.39. The largest absolute Gasteiger partial charge is 0.497 e. The van der Waals surface area contributed by atoms with E-state index in [1.807, 2.05) is 60.8 Å². The lowest BCUT2D eigenvalue weighted by molar-refractivity contribution is -0.145. The number of hydrogen-bond donors (Lipinski definition) is 0. The minimum atomic E-state index is -0.475. The van der Waals surface area contributed by atoms with Crippen LogP contribution in [0.1, 0.15) is 19.0 Å². The average molecular weight is 438 g/mol. The van der Waals surface area contributed by atoms with Crippen molar-refractivity contribution in [3.63, 3.8) is 0 Å². The Morgan fingerprint density at radius 3 is 2.61 bits per heavy atom. The van der Waals surface area contributed by atoms with E-state index in [9.17, 15) is 9.59 Å². The first-order chi connectivity index (χ1) is 15.1. The van der Waals surface area contributed by atoms with Crippen LogP contribution in [-0.4, -0.2) is 27.2 Å². The van der Waals surface area contributed by atoms with Gasteiger partial charge in [-0.15, -0.1) is 11.3 Å². The van der Waals surface area contributed by atoms with Crippen LogP contribution in [0.2, 0.25) is 0 Å². The van der Waals surface area contributed by atoms with E-state index in [1.165, 1.54) is 15.9 Å². The second-order valence-corrected chi connectivity index (χ2v) is 7.90. The van der Waals surface area contributed by atoms with Crippen molar-refractivity contribution in [2.45, 2.75) is 33.0 Å². The van der Waals surface area contributed by atoms with E-state index < -0.39 is 5.97 Å². The molecule has 0 N–H and O–H groups in total. The summed E-state index contributed by atoms with van der Waals surface area (Å²) < 4.78 is 13.8. The molecule has 2 aromatic heterocycles. The van der Waals surface area contributed by atoms with Crippen LogP contribution in [0, 0.1) is 0 Å². The van der Waals surface area contributed by atoms with Gasteiger partial charge in [-0.1, -0.05) is 31.2 Å². The number of methoxy groups -OCH3 is 1. The topological polar surface area (TPSA) is 75.4 Å². The Bertz CT molecular complexity index is 1270. The van der Waals surface area contributed by atoms with E-state index in [-0.39, 0.29) is 18.8 Å². The molecule has 0 saturated carbocycles. The van der Waals surface area contributed by atoms with Gasteiger partial charge in [0.25, 0.3) is 0 Å². The van der Waals surface area contributed by atoms with E-state index >= 15 is 0 Å². The summed E-state index contributed by atoms with van der Waals surface area (Å²) in [5.74, 6) is 0.283. The number of benzene rings is 2. The minimum absolute atomic E-state index is 0.0572. The van der Waals surface area contributed by atoms with Gasteiger partial charge in [-0.3, -0.25) is 13.9 Å². The fourth-order valence-electron chi connectivity index (χ4n) is 3.46. The number of ether oxygens (including phenoxy) is 2. The summed E-state index contributed by atoms with van der Waals surface area (Å²) in [6, 6.07) is 15.1. The van der Waals surface area contributed by atoms with Crippen molar-refractivity contribution >= 4 is 28.3 Å². The van der Waals surface area contributed by atoms with Gasteiger partial charge in [-0.2, -0.15) is 0 Å². The molecular weight excluding hydrogens is 414 g/mol. The van der Waals surface area contributed by atoms with Crippen LogP contribution in [0.3, 0.4) is 0 Å². The number of imidazole rings is 1. The summed E-state index contributed by atoms with van der Waals surface area (Å²) in [5.41, 5.74) is 2.96. The Morgan fingerprint density at radius 1 is 1.10 bits per heavy atom. The van der Waals surface area contributed by atoms with Crippen LogP contribution in [0.15, 0.2) is 58.7 Å². The van der Waals surface area contributed by atoms with Gasteiger partial charge in [0.05, 0.1) is 23.8 Å². The highest BCUT2D eigenvalue weighted by molar-refractivity contribution is 7.13. The number of hydrogen-bond acceptors (Lipinski definition) is 6. The molecule has 31 heavy (non-hydrogen) atoms. The van der Waals surface area contributed by atoms with Gasteiger partial charge in [0.15, 0.2) is 0 Å². The first-order valence-corrected chi connectivity index (χ1v) is 10.9. The minimum Gasteiger partial charge on any atom is -0.497 e. The lowest BCUT2D eigenvalue weighted by atomic mass is 10.2. The van der Waals surface area contributed by atoms with Crippen LogP contribution in [0.4, 0.5) is 0 Å². The number of aryl methyl sites for hydroxylation is 1. The Morgan fingerprint density at radius 2 is 1.87 bits per heavy atom. The molecule has 2 aromatic carbocycles. The van der Waals surface area contributed by atoms with E-state index in [4.69, 9.17) is 9.47 Å². The lowest BCUT2D eigenvalue weighted by Gasteiger charge is -2.04. The predicted octanol–water partition coefficient (Wildman–Crippen LogP) is 4.09. The summed E-state index contributed by atoms with van der Waals surface area (Å²) in [4.78, 5) is 29.8. The molecule has 0 fully saturated rings. The van der Waals surface area contributed by atoms with Crippen molar-refractivity contribution in [1.29, 1.82) is 0 Å². The number of nitrogens with zero attached hydrogens (tertiary/aromatic N) is 3. The zero-order valence-electron chi connectivity index (χ0n) is 17.4. The maximum atomic E-state index is 12.8. The summed E-state index contributed by atoms with van der Waals surface area (Å²) >= 11 is 1.47. The maximum absolute atomic E-state index is 12.8. The molecule has 0 aliphatic heterocycles. The highest BCUT2D eigenvalue weighted by Gasteiger charge is 2.16. The van der Waals surface area contributed by atoms with Crippen LogP contribution in [-0.2, 0) is 29.2 Å². The number of thiazole rings is 1.